The van der Waals surface area contributed by atoms with E-state index < -0.39 is 78.6 Å². The molecule has 0 aromatic heterocycles. The van der Waals surface area contributed by atoms with Gasteiger partial charge in [0.2, 0.25) is 0 Å². The first-order chi connectivity index (χ1) is 16.3. The molecule has 35 heavy (non-hydrogen) atoms. The van der Waals surface area contributed by atoms with Crippen LogP contribution < -0.4 is 0 Å². The fourth-order valence-corrected chi connectivity index (χ4v) is 5.81. The van der Waals surface area contributed by atoms with E-state index in [4.69, 9.17) is 52.1 Å². The van der Waals surface area contributed by atoms with E-state index in [0.29, 0.717) is 0 Å². The highest BCUT2D eigenvalue weighted by Gasteiger charge is 2.64. The fraction of sp³-hybridized carbons (Fsp3) is 1.00. The molecule has 0 aliphatic carbocycles. The number of aliphatic hydroxyl groups excluding tert-OH is 1. The van der Waals surface area contributed by atoms with Gasteiger partial charge in [0.1, 0.15) is 48.8 Å². The van der Waals surface area contributed by atoms with E-state index in [2.05, 4.69) is 0 Å². The van der Waals surface area contributed by atoms with Gasteiger partial charge in [-0.05, 0) is 41.5 Å². The number of ether oxygens (including phenoxy) is 11. The maximum absolute atomic E-state index is 9.90. The second-order valence-electron chi connectivity index (χ2n) is 11.4. The van der Waals surface area contributed by atoms with Crippen LogP contribution >= 0.6 is 0 Å². The lowest BCUT2D eigenvalue weighted by Crippen LogP contribution is -2.57. The van der Waals surface area contributed by atoms with Crippen molar-refractivity contribution < 1.29 is 57.2 Å². The van der Waals surface area contributed by atoms with Gasteiger partial charge in [0.05, 0.1) is 13.2 Å². The maximum Gasteiger partial charge on any atom is 0.280 e. The van der Waals surface area contributed by atoms with Crippen LogP contribution in [0.4, 0.5) is 0 Å². The van der Waals surface area contributed by atoms with Gasteiger partial charge in [-0.25, -0.2) is 0 Å². The largest absolute Gasteiger partial charge is 0.394 e. The van der Waals surface area contributed by atoms with Crippen LogP contribution in [0.2, 0.25) is 0 Å². The topological polar surface area (TPSA) is 122 Å². The van der Waals surface area contributed by atoms with Gasteiger partial charge in [-0.15, -0.1) is 0 Å². The molecule has 6 heterocycles. The molecule has 0 aromatic carbocycles. The lowest BCUT2D eigenvalue weighted by atomic mass is 9.99. The van der Waals surface area contributed by atoms with Crippen molar-refractivity contribution in [1.82, 2.24) is 0 Å². The molecule has 200 valence electrons. The predicted octanol–water partition coefficient (Wildman–Crippen LogP) is 0.726. The van der Waals surface area contributed by atoms with Crippen LogP contribution in [0, 0.1) is 0 Å². The van der Waals surface area contributed by atoms with Crippen molar-refractivity contribution in [1.29, 1.82) is 0 Å². The lowest BCUT2D eigenvalue weighted by molar-refractivity contribution is -0.350. The standard InChI is InChI=1S/C23H36O12/c1-20(2)28-13-11(27-19-16(14(13)29-20)30-21(3,4)35-19)9-25-23(7)32-12-10(8-24)26-18-17(15(12)33-23)31-22(5,6)34-18/h10-19,24H,8-9H2,1-7H3/t10-,11-,12+,13+,14+,15+,16-,17-,18-,19-,23?/m1/s1. The molecule has 12 heteroatoms. The Morgan fingerprint density at radius 1 is 0.543 bits per heavy atom. The first-order valence-electron chi connectivity index (χ1n) is 12.3. The molecule has 6 rings (SSSR count). The molecule has 0 spiro atoms. The highest BCUT2D eigenvalue weighted by molar-refractivity contribution is 5.01. The van der Waals surface area contributed by atoms with Gasteiger partial charge >= 0.3 is 0 Å². The summed E-state index contributed by atoms with van der Waals surface area (Å²) < 4.78 is 66.8. The van der Waals surface area contributed by atoms with Crippen LogP contribution in [0.1, 0.15) is 48.5 Å². The van der Waals surface area contributed by atoms with Gasteiger partial charge in [0, 0.05) is 6.92 Å². The van der Waals surface area contributed by atoms with Crippen molar-refractivity contribution >= 4 is 0 Å². The Hall–Kier alpha value is -0.480. The zero-order valence-corrected chi connectivity index (χ0v) is 21.1. The molecule has 6 aliphatic heterocycles. The van der Waals surface area contributed by atoms with E-state index in [1.54, 1.807) is 20.8 Å². The molecule has 1 unspecified atom stereocenters. The van der Waals surface area contributed by atoms with Gasteiger partial charge in [-0.1, -0.05) is 0 Å². The van der Waals surface area contributed by atoms with Gasteiger partial charge in [-0.2, -0.15) is 0 Å². The molecule has 0 bridgehead atoms. The predicted molar refractivity (Wildman–Crippen MR) is 112 cm³/mol. The summed E-state index contributed by atoms with van der Waals surface area (Å²) in [6.07, 6.45) is -5.44. The van der Waals surface area contributed by atoms with Crippen molar-refractivity contribution in [3.63, 3.8) is 0 Å². The smallest absolute Gasteiger partial charge is 0.280 e. The number of fused-ring (bicyclic) bond motifs is 6. The van der Waals surface area contributed by atoms with E-state index >= 15 is 0 Å². The molecule has 0 aromatic rings. The van der Waals surface area contributed by atoms with E-state index in [0.717, 1.165) is 0 Å². The quantitative estimate of drug-likeness (QED) is 0.581. The summed E-state index contributed by atoms with van der Waals surface area (Å²) in [6, 6.07) is 0. The molecule has 0 radical (unpaired) electrons. The maximum atomic E-state index is 9.90. The number of aliphatic hydroxyl groups is 1. The Labute approximate surface area is 204 Å². The Morgan fingerprint density at radius 2 is 0.971 bits per heavy atom. The second kappa shape index (κ2) is 8.01. The molecule has 12 nitrogen and oxygen atoms in total. The normalized spacial score (nSPS) is 53.1. The summed E-state index contributed by atoms with van der Waals surface area (Å²) in [4.78, 5) is 0. The zero-order valence-electron chi connectivity index (χ0n) is 21.1. The molecule has 1 N–H and O–H groups in total. The third-order valence-electron chi connectivity index (χ3n) is 7.05. The average Bonchev–Trinajstić information content (AvgIpc) is 3.43. The van der Waals surface area contributed by atoms with Crippen LogP contribution in [0.3, 0.4) is 0 Å². The van der Waals surface area contributed by atoms with Crippen LogP contribution in [0.25, 0.3) is 0 Å². The van der Waals surface area contributed by atoms with Crippen LogP contribution in [-0.2, 0) is 52.1 Å². The van der Waals surface area contributed by atoms with E-state index in [1.165, 1.54) is 0 Å². The minimum Gasteiger partial charge on any atom is -0.394 e. The monoisotopic (exact) mass is 504 g/mol. The minimum atomic E-state index is -1.44. The Bertz CT molecular complexity index is 833. The van der Waals surface area contributed by atoms with Crippen molar-refractivity contribution in [3.8, 4) is 0 Å². The Kier molecular flexibility index (Phi) is 5.68. The van der Waals surface area contributed by atoms with Crippen molar-refractivity contribution in [2.45, 2.75) is 133 Å². The Balaban J connectivity index is 1.17. The minimum absolute atomic E-state index is 0.0746. The highest BCUT2D eigenvalue weighted by atomic mass is 16.9. The van der Waals surface area contributed by atoms with Crippen LogP contribution in [0.5, 0.6) is 0 Å². The van der Waals surface area contributed by atoms with Crippen molar-refractivity contribution in [3.05, 3.63) is 0 Å². The molecular weight excluding hydrogens is 468 g/mol. The van der Waals surface area contributed by atoms with Gasteiger partial charge < -0.3 is 57.2 Å². The number of hydrogen-bond acceptors (Lipinski definition) is 12. The summed E-state index contributed by atoms with van der Waals surface area (Å²) in [7, 11) is 0. The third-order valence-corrected chi connectivity index (χ3v) is 7.05. The first-order valence-corrected chi connectivity index (χ1v) is 12.3. The van der Waals surface area contributed by atoms with Crippen molar-refractivity contribution in [2.24, 2.45) is 0 Å². The first kappa shape index (κ1) is 24.8. The van der Waals surface area contributed by atoms with E-state index in [-0.39, 0.29) is 19.3 Å². The van der Waals surface area contributed by atoms with E-state index in [9.17, 15) is 5.11 Å². The summed E-state index contributed by atoms with van der Waals surface area (Å²) in [5.41, 5.74) is 0. The highest BCUT2D eigenvalue weighted by Crippen LogP contribution is 2.47. The van der Waals surface area contributed by atoms with Crippen molar-refractivity contribution in [2.75, 3.05) is 13.2 Å². The van der Waals surface area contributed by atoms with Gasteiger partial charge in [-0.3, -0.25) is 0 Å². The summed E-state index contributed by atoms with van der Waals surface area (Å²) in [6.45, 7) is 12.5. The average molecular weight is 505 g/mol. The SMILES string of the molecule is CC1(C)O[C@H]2[C@@H](O1)[C@@H](COC1(C)O[C@H]3[C@@H](O1)[C@@H](CO)O[C@@H]1OC(C)(C)O[C@@H]13)O[C@@H]1OC(C)(C)O[C@@H]12. The zero-order chi connectivity index (χ0) is 25.0. The van der Waals surface area contributed by atoms with Gasteiger partial charge in [0.25, 0.3) is 5.97 Å². The second-order valence-corrected chi connectivity index (χ2v) is 11.4. The number of rotatable bonds is 4. The van der Waals surface area contributed by atoms with E-state index in [1.807, 2.05) is 27.7 Å². The van der Waals surface area contributed by atoms with Crippen LogP contribution in [0.15, 0.2) is 0 Å². The molecule has 0 amide bonds. The molecular formula is C23H36O12. The molecule has 6 fully saturated rings. The summed E-state index contributed by atoms with van der Waals surface area (Å²) in [5.74, 6) is -3.90. The molecule has 0 saturated carbocycles. The molecule has 6 saturated heterocycles. The molecule has 11 atom stereocenters. The Morgan fingerprint density at radius 3 is 1.57 bits per heavy atom. The summed E-state index contributed by atoms with van der Waals surface area (Å²) >= 11 is 0. The molecule has 6 aliphatic rings. The van der Waals surface area contributed by atoms with Crippen LogP contribution in [-0.4, -0.2) is 103 Å². The lowest BCUT2D eigenvalue weighted by Gasteiger charge is -2.38. The van der Waals surface area contributed by atoms with Gasteiger partial charge in [0.15, 0.2) is 29.9 Å². The fourth-order valence-electron chi connectivity index (χ4n) is 5.81. The number of hydrogen-bond donors (Lipinski definition) is 1. The summed E-state index contributed by atoms with van der Waals surface area (Å²) in [5, 5.41) is 9.90. The third kappa shape index (κ3) is 4.35.